The summed E-state index contributed by atoms with van der Waals surface area (Å²) in [7, 11) is -4.17. The van der Waals surface area contributed by atoms with Gasteiger partial charge in [0.1, 0.15) is 0 Å². The fourth-order valence-corrected chi connectivity index (χ4v) is 2.69. The summed E-state index contributed by atoms with van der Waals surface area (Å²) in [5.74, 6) is -5.15. The molecule has 1 aromatic carbocycles. The summed E-state index contributed by atoms with van der Waals surface area (Å²) in [6.07, 6.45) is -0.313. The Bertz CT molecular complexity index is 702. The van der Waals surface area contributed by atoms with Crippen molar-refractivity contribution in [3.8, 4) is 0 Å². The Hall–Kier alpha value is -1.58. The molecule has 0 amide bonds. The zero-order chi connectivity index (χ0) is 16.8. The minimum absolute atomic E-state index is 0.213. The molecule has 0 heterocycles. The van der Waals surface area contributed by atoms with Crippen LogP contribution in [0.1, 0.15) is 31.7 Å². The van der Waals surface area contributed by atoms with Crippen molar-refractivity contribution in [1.29, 1.82) is 0 Å². The summed E-state index contributed by atoms with van der Waals surface area (Å²) < 4.78 is 50.2. The van der Waals surface area contributed by atoms with E-state index in [1.165, 1.54) is 32.0 Å². The Morgan fingerprint density at radius 3 is 2.55 bits per heavy atom. The second-order valence-electron chi connectivity index (χ2n) is 5.59. The smallest absolute Gasteiger partial charge is 0.337 e. The highest BCUT2D eigenvalue weighted by atomic mass is 32.2. The van der Waals surface area contributed by atoms with Crippen LogP contribution in [-0.2, 0) is 19.7 Å². The quantitative estimate of drug-likeness (QED) is 0.775. The fourth-order valence-electron chi connectivity index (χ4n) is 1.72. The van der Waals surface area contributed by atoms with Crippen molar-refractivity contribution >= 4 is 16.0 Å². The second kappa shape index (κ2) is 5.25. The third-order valence-electron chi connectivity index (χ3n) is 3.32. The van der Waals surface area contributed by atoms with Crippen LogP contribution in [0, 0.1) is 0 Å². The minimum Gasteiger partial charge on any atom is -0.479 e. The molecule has 22 heavy (non-hydrogen) atoms. The lowest BCUT2D eigenvalue weighted by atomic mass is 10.1. The van der Waals surface area contributed by atoms with Crippen LogP contribution >= 0.6 is 0 Å². The molecule has 1 unspecified atom stereocenters. The number of benzene rings is 1. The number of carboxylic acid groups (broad SMARTS) is 1. The van der Waals surface area contributed by atoms with Gasteiger partial charge < -0.3 is 5.11 Å². The molecular weight excluding hydrogens is 320 g/mol. The molecule has 0 aromatic heterocycles. The number of halogens is 2. The van der Waals surface area contributed by atoms with Gasteiger partial charge in [-0.2, -0.15) is 0 Å². The summed E-state index contributed by atoms with van der Waals surface area (Å²) in [4.78, 5) is 17.0. The maximum absolute atomic E-state index is 13.0. The van der Waals surface area contributed by atoms with Gasteiger partial charge in [-0.25, -0.2) is 22.0 Å². The van der Waals surface area contributed by atoms with E-state index in [9.17, 15) is 22.0 Å². The van der Waals surface area contributed by atoms with Gasteiger partial charge in [-0.15, -0.1) is 0 Å². The molecule has 1 aliphatic rings. The van der Waals surface area contributed by atoms with E-state index in [1.54, 1.807) is 4.89 Å². The van der Waals surface area contributed by atoms with E-state index in [1.807, 2.05) is 0 Å². The molecule has 9 heteroatoms. The molecule has 1 saturated carbocycles. The van der Waals surface area contributed by atoms with Gasteiger partial charge >= 0.3 is 5.97 Å². The van der Waals surface area contributed by atoms with E-state index in [0.29, 0.717) is 0 Å². The molecule has 6 nitrogen and oxygen atoms in total. The van der Waals surface area contributed by atoms with E-state index in [0.717, 1.165) is 6.07 Å². The molecule has 122 valence electrons. The van der Waals surface area contributed by atoms with E-state index < -0.39 is 33.4 Å². The van der Waals surface area contributed by atoms with Gasteiger partial charge in [0.15, 0.2) is 5.60 Å². The summed E-state index contributed by atoms with van der Waals surface area (Å²) in [5.41, 5.74) is -1.56. The Morgan fingerprint density at radius 1 is 1.45 bits per heavy atom. The molecule has 0 bridgehead atoms. The van der Waals surface area contributed by atoms with Crippen molar-refractivity contribution in [2.24, 2.45) is 0 Å². The molecule has 0 radical (unpaired) electrons. The average molecular weight is 335 g/mol. The van der Waals surface area contributed by atoms with Crippen LogP contribution in [0.3, 0.4) is 0 Å². The monoisotopic (exact) mass is 335 g/mol. The molecule has 1 atom stereocenters. The largest absolute Gasteiger partial charge is 0.479 e. The van der Waals surface area contributed by atoms with Gasteiger partial charge in [-0.3, -0.25) is 4.84 Å². The van der Waals surface area contributed by atoms with Gasteiger partial charge in [0.25, 0.3) is 15.9 Å². The summed E-state index contributed by atoms with van der Waals surface area (Å²) in [6, 6.07) is 5.11. The average Bonchev–Trinajstić information content (AvgIpc) is 3.06. The summed E-state index contributed by atoms with van der Waals surface area (Å²) in [5, 5.41) is 8.85. The minimum atomic E-state index is -4.17. The maximum Gasteiger partial charge on any atom is 0.337 e. The Balaban J connectivity index is 2.17. The lowest BCUT2D eigenvalue weighted by Crippen LogP contribution is -2.41. The van der Waals surface area contributed by atoms with Crippen molar-refractivity contribution in [1.82, 2.24) is 4.89 Å². The maximum atomic E-state index is 13.0. The number of sulfonamides is 1. The number of hydrogen-bond donors (Lipinski definition) is 2. The second-order valence-corrected chi connectivity index (χ2v) is 7.24. The standard InChI is InChI=1S/C13H15F2NO5S/c1-12(2,11(17)18)21-16-22(19,20)9-5-3-4-8(6-9)10-7-13(10,14)15/h3-6,10,16H,7H2,1-2H3,(H,17,18). The zero-order valence-electron chi connectivity index (χ0n) is 11.8. The number of aliphatic carboxylic acids is 1. The number of carbonyl (C=O) groups is 1. The predicted molar refractivity (Wildman–Crippen MR) is 71.9 cm³/mol. The molecule has 1 aromatic rings. The van der Waals surface area contributed by atoms with E-state index in [-0.39, 0.29) is 16.9 Å². The van der Waals surface area contributed by atoms with Crippen LogP contribution in [0.4, 0.5) is 8.78 Å². The van der Waals surface area contributed by atoms with Gasteiger partial charge in [0, 0.05) is 6.42 Å². The normalized spacial score (nSPS) is 20.6. The van der Waals surface area contributed by atoms with E-state index in [2.05, 4.69) is 4.84 Å². The molecule has 2 N–H and O–H groups in total. The first kappa shape index (κ1) is 16.8. The highest BCUT2D eigenvalue weighted by Crippen LogP contribution is 2.55. The van der Waals surface area contributed by atoms with Crippen LogP contribution < -0.4 is 4.89 Å². The van der Waals surface area contributed by atoms with E-state index in [4.69, 9.17) is 5.11 Å². The number of alkyl halides is 2. The summed E-state index contributed by atoms with van der Waals surface area (Å²) in [6.45, 7) is 2.33. The van der Waals surface area contributed by atoms with Crippen LogP contribution in [0.2, 0.25) is 0 Å². The Labute approximate surface area is 126 Å². The molecule has 0 saturated heterocycles. The zero-order valence-corrected chi connectivity index (χ0v) is 12.7. The van der Waals surface area contributed by atoms with Gasteiger partial charge in [-0.05, 0) is 31.5 Å². The topological polar surface area (TPSA) is 92.7 Å². The summed E-state index contributed by atoms with van der Waals surface area (Å²) >= 11 is 0. The van der Waals surface area contributed by atoms with Crippen molar-refractivity contribution in [2.45, 2.75) is 42.6 Å². The fraction of sp³-hybridized carbons (Fsp3) is 0.462. The van der Waals surface area contributed by atoms with Crippen LogP contribution in [0.15, 0.2) is 29.2 Å². The van der Waals surface area contributed by atoms with Crippen molar-refractivity contribution < 1.29 is 31.9 Å². The first-order chi connectivity index (χ1) is 9.96. The van der Waals surface area contributed by atoms with Crippen LogP contribution in [0.5, 0.6) is 0 Å². The van der Waals surface area contributed by atoms with Crippen LogP contribution in [-0.4, -0.2) is 31.0 Å². The Morgan fingerprint density at radius 2 is 2.05 bits per heavy atom. The molecule has 1 fully saturated rings. The molecule has 2 rings (SSSR count). The number of carboxylic acids is 1. The third-order valence-corrected chi connectivity index (χ3v) is 4.50. The number of hydrogen-bond acceptors (Lipinski definition) is 4. The number of nitrogens with one attached hydrogen (secondary N) is 1. The predicted octanol–water partition coefficient (Wildman–Crippen LogP) is 1.88. The molecule has 0 spiro atoms. The number of rotatable bonds is 6. The van der Waals surface area contributed by atoms with Gasteiger partial charge in [0.05, 0.1) is 10.8 Å². The first-order valence-corrected chi connectivity index (χ1v) is 7.85. The Kier molecular flexibility index (Phi) is 4.01. The van der Waals surface area contributed by atoms with Crippen molar-refractivity contribution in [2.75, 3.05) is 0 Å². The van der Waals surface area contributed by atoms with Gasteiger partial charge in [-0.1, -0.05) is 17.0 Å². The molecule has 0 aliphatic heterocycles. The van der Waals surface area contributed by atoms with E-state index >= 15 is 0 Å². The molecule has 1 aliphatic carbocycles. The van der Waals surface area contributed by atoms with Crippen molar-refractivity contribution in [3.05, 3.63) is 29.8 Å². The van der Waals surface area contributed by atoms with Crippen LogP contribution in [0.25, 0.3) is 0 Å². The third kappa shape index (κ3) is 3.42. The first-order valence-electron chi connectivity index (χ1n) is 6.37. The highest BCUT2D eigenvalue weighted by Gasteiger charge is 2.57. The highest BCUT2D eigenvalue weighted by molar-refractivity contribution is 7.89. The van der Waals surface area contributed by atoms with Crippen molar-refractivity contribution in [3.63, 3.8) is 0 Å². The molecular formula is C13H15F2NO5S. The SMILES string of the molecule is CC(C)(ONS(=O)(=O)c1cccc(C2CC2(F)F)c1)C(=O)O. The van der Waals surface area contributed by atoms with Gasteiger partial charge in [0.2, 0.25) is 0 Å². The lowest BCUT2D eigenvalue weighted by molar-refractivity contribution is -0.165. The lowest BCUT2D eigenvalue weighted by Gasteiger charge is -2.19.